The van der Waals surface area contributed by atoms with Crippen LogP contribution in [0, 0.1) is 0 Å². The number of aromatic nitrogens is 2. The van der Waals surface area contributed by atoms with Gasteiger partial charge in [-0.1, -0.05) is 6.34 Å². The molecule has 0 spiro atoms. The van der Waals surface area contributed by atoms with Crippen molar-refractivity contribution >= 4 is 12.2 Å². The van der Waals surface area contributed by atoms with Crippen LogP contribution < -0.4 is 5.56 Å². The SMILES string of the molecule is CC1c2ncc(=O)n(C)c2N=[C-]N1C.[Y]. The van der Waals surface area contributed by atoms with Crippen molar-refractivity contribution in [3.05, 3.63) is 22.2 Å². The van der Waals surface area contributed by atoms with Crippen LogP contribution >= 0.6 is 0 Å². The normalized spacial score (nSPS) is 18.3. The van der Waals surface area contributed by atoms with Gasteiger partial charge in [0, 0.05) is 50.3 Å². The predicted octanol–water partition coefficient (Wildman–Crippen LogP) is 0.321. The molecule has 0 aliphatic carbocycles. The molecule has 0 amide bonds. The van der Waals surface area contributed by atoms with Crippen LogP contribution in [0.3, 0.4) is 0 Å². The summed E-state index contributed by atoms with van der Waals surface area (Å²) in [5.74, 6) is 0.600. The van der Waals surface area contributed by atoms with E-state index in [2.05, 4.69) is 16.3 Å². The zero-order valence-corrected chi connectivity index (χ0v) is 11.8. The minimum absolute atomic E-state index is 0. The molecule has 1 atom stereocenters. The van der Waals surface area contributed by atoms with Crippen molar-refractivity contribution in [2.75, 3.05) is 7.05 Å². The van der Waals surface area contributed by atoms with Crippen molar-refractivity contribution in [3.8, 4) is 0 Å². The van der Waals surface area contributed by atoms with Crippen molar-refractivity contribution in [1.82, 2.24) is 14.5 Å². The third-order valence-electron chi connectivity index (χ3n) is 2.48. The van der Waals surface area contributed by atoms with Gasteiger partial charge in [0.05, 0.1) is 6.20 Å². The first-order chi connectivity index (χ1) is 6.61. The molecule has 1 aromatic heterocycles. The number of hydrogen-bond acceptors (Lipinski definition) is 4. The fraction of sp³-hybridized carbons (Fsp3) is 0.444. The Bertz CT molecular complexity index is 454. The van der Waals surface area contributed by atoms with Crippen LogP contribution in [-0.4, -0.2) is 27.8 Å². The second kappa shape index (κ2) is 4.53. The van der Waals surface area contributed by atoms with E-state index < -0.39 is 0 Å². The van der Waals surface area contributed by atoms with Gasteiger partial charge in [-0.05, 0) is 21.0 Å². The summed E-state index contributed by atoms with van der Waals surface area (Å²) in [4.78, 5) is 21.3. The van der Waals surface area contributed by atoms with Crippen LogP contribution in [0.25, 0.3) is 0 Å². The maximum atomic E-state index is 11.3. The van der Waals surface area contributed by atoms with Crippen molar-refractivity contribution in [1.29, 1.82) is 0 Å². The molecule has 6 heteroatoms. The first-order valence-corrected chi connectivity index (χ1v) is 4.36. The Morgan fingerprint density at radius 2 is 2.13 bits per heavy atom. The smallest absolute Gasteiger partial charge is 0.254 e. The van der Waals surface area contributed by atoms with Gasteiger partial charge in [0.25, 0.3) is 5.56 Å². The molecule has 0 saturated carbocycles. The molecular weight excluding hydrogens is 269 g/mol. The van der Waals surface area contributed by atoms with Gasteiger partial charge in [-0.3, -0.25) is 9.78 Å². The molecule has 15 heavy (non-hydrogen) atoms. The van der Waals surface area contributed by atoms with E-state index in [0.717, 1.165) is 5.69 Å². The van der Waals surface area contributed by atoms with Crippen molar-refractivity contribution in [2.24, 2.45) is 12.0 Å². The Hall–Kier alpha value is -0.546. The van der Waals surface area contributed by atoms with Gasteiger partial charge in [-0.25, -0.2) is 0 Å². The third kappa shape index (κ3) is 2.03. The van der Waals surface area contributed by atoms with E-state index in [4.69, 9.17) is 0 Å². The summed E-state index contributed by atoms with van der Waals surface area (Å²) in [5.41, 5.74) is 0.666. The first kappa shape index (κ1) is 12.5. The number of aliphatic imine (C=N–C) groups is 1. The van der Waals surface area contributed by atoms with E-state index in [0.29, 0.717) is 5.82 Å². The molecule has 0 aromatic carbocycles. The van der Waals surface area contributed by atoms with Gasteiger partial charge < -0.3 is 14.5 Å². The fourth-order valence-corrected chi connectivity index (χ4v) is 1.37. The molecule has 1 aliphatic rings. The summed E-state index contributed by atoms with van der Waals surface area (Å²) < 4.78 is 1.48. The topological polar surface area (TPSA) is 50.5 Å². The maximum Gasteiger partial charge on any atom is 0.254 e. The number of fused-ring (bicyclic) bond motifs is 1. The molecule has 0 fully saturated rings. The third-order valence-corrected chi connectivity index (χ3v) is 2.48. The molecule has 1 aromatic rings. The Labute approximate surface area is 113 Å². The Morgan fingerprint density at radius 1 is 1.47 bits per heavy atom. The Balaban J connectivity index is 0.00000112. The molecule has 0 N–H and O–H groups in total. The monoisotopic (exact) mass is 280 g/mol. The maximum absolute atomic E-state index is 11.3. The molecule has 2 heterocycles. The van der Waals surface area contributed by atoms with Crippen LogP contribution in [0.2, 0.25) is 0 Å². The van der Waals surface area contributed by atoms with Gasteiger partial charge in [-0.2, -0.15) is 0 Å². The van der Waals surface area contributed by atoms with Crippen LogP contribution in [-0.2, 0) is 39.8 Å². The van der Waals surface area contributed by atoms with Crippen LogP contribution in [0.4, 0.5) is 5.82 Å². The van der Waals surface area contributed by atoms with E-state index in [1.54, 1.807) is 7.05 Å². The van der Waals surface area contributed by atoms with Crippen molar-refractivity contribution < 1.29 is 32.7 Å². The van der Waals surface area contributed by atoms with Crippen molar-refractivity contribution in [3.63, 3.8) is 0 Å². The summed E-state index contributed by atoms with van der Waals surface area (Å²) in [6.45, 7) is 2.00. The van der Waals surface area contributed by atoms with Gasteiger partial charge >= 0.3 is 0 Å². The fourth-order valence-electron chi connectivity index (χ4n) is 1.37. The first-order valence-electron chi connectivity index (χ1n) is 4.36. The Kier molecular flexibility index (Phi) is 3.79. The molecular formula is C9H11N4OY-. The van der Waals surface area contributed by atoms with E-state index in [9.17, 15) is 4.79 Å². The van der Waals surface area contributed by atoms with Crippen molar-refractivity contribution in [2.45, 2.75) is 13.0 Å². The number of hydrogen-bond donors (Lipinski definition) is 0. The largest absolute Gasteiger partial charge is 0.442 e. The minimum atomic E-state index is -0.147. The second-order valence-corrected chi connectivity index (χ2v) is 3.36. The molecule has 5 nitrogen and oxygen atoms in total. The predicted molar refractivity (Wildman–Crippen MR) is 52.8 cm³/mol. The van der Waals surface area contributed by atoms with E-state index in [1.165, 1.54) is 10.8 Å². The molecule has 77 valence electrons. The zero-order valence-electron chi connectivity index (χ0n) is 8.93. The van der Waals surface area contributed by atoms with Crippen LogP contribution in [0.15, 0.2) is 16.0 Å². The summed E-state index contributed by atoms with van der Waals surface area (Å²) in [6.07, 6.45) is 4.14. The molecule has 0 saturated heterocycles. The second-order valence-electron chi connectivity index (χ2n) is 3.36. The van der Waals surface area contributed by atoms with E-state index in [1.807, 2.05) is 18.9 Å². The minimum Gasteiger partial charge on any atom is -0.442 e. The standard InChI is InChI=1S/C9H11N4O.Y/c1-6-8-9(11-5-12(6)2)13(3)7(14)4-10-8;/h4,6H,1-3H3;/q-1;. The quantitative estimate of drug-likeness (QED) is 0.643. The van der Waals surface area contributed by atoms with Gasteiger partial charge in [0.15, 0.2) is 0 Å². The summed E-state index contributed by atoms with van der Waals surface area (Å²) in [6, 6.07) is 0.106. The molecule has 1 aliphatic heterocycles. The Morgan fingerprint density at radius 3 is 2.80 bits per heavy atom. The average Bonchev–Trinajstić information content (AvgIpc) is 2.17. The molecule has 1 radical (unpaired) electrons. The number of nitrogens with zero attached hydrogens (tertiary/aromatic N) is 4. The summed E-state index contributed by atoms with van der Waals surface area (Å²) >= 11 is 0. The molecule has 1 unspecified atom stereocenters. The van der Waals surface area contributed by atoms with Crippen LogP contribution in [0.1, 0.15) is 18.7 Å². The van der Waals surface area contributed by atoms with E-state index >= 15 is 0 Å². The average molecular weight is 280 g/mol. The van der Waals surface area contributed by atoms with Gasteiger partial charge in [0.1, 0.15) is 0 Å². The molecule has 0 bridgehead atoms. The van der Waals surface area contributed by atoms with Gasteiger partial charge in [-0.15, -0.1) is 0 Å². The number of rotatable bonds is 0. The summed E-state index contributed by atoms with van der Waals surface area (Å²) in [5, 5.41) is 0. The van der Waals surface area contributed by atoms with E-state index in [-0.39, 0.29) is 44.3 Å². The van der Waals surface area contributed by atoms with Gasteiger partial charge in [0.2, 0.25) is 0 Å². The zero-order chi connectivity index (χ0) is 10.3. The summed E-state index contributed by atoms with van der Waals surface area (Å²) in [7, 11) is 3.57. The van der Waals surface area contributed by atoms with Crippen LogP contribution in [0.5, 0.6) is 0 Å². The molecule has 2 rings (SSSR count).